The van der Waals surface area contributed by atoms with Crippen molar-refractivity contribution in [3.8, 4) is 0 Å². The molecule has 0 atom stereocenters. The van der Waals surface area contributed by atoms with E-state index in [4.69, 9.17) is 0 Å². The zero-order valence-electron chi connectivity index (χ0n) is 9.68. The van der Waals surface area contributed by atoms with Gasteiger partial charge in [-0.1, -0.05) is 0 Å². The van der Waals surface area contributed by atoms with Crippen molar-refractivity contribution in [2.24, 2.45) is 0 Å². The summed E-state index contributed by atoms with van der Waals surface area (Å²) in [7, 11) is 0. The summed E-state index contributed by atoms with van der Waals surface area (Å²) in [4.78, 5) is 0. The molecule has 2 aromatic carbocycles. The van der Waals surface area contributed by atoms with Gasteiger partial charge >= 0.3 is 117 Å². The fourth-order valence-electron chi connectivity index (χ4n) is 1.36. The monoisotopic (exact) mass is 286 g/mol. The second-order valence-corrected chi connectivity index (χ2v) is 6.89. The molecule has 17 heavy (non-hydrogen) atoms. The van der Waals surface area contributed by atoms with Crippen molar-refractivity contribution in [2.45, 2.75) is 0 Å². The number of halogens is 2. The zero-order valence-corrected chi connectivity index (χ0v) is 13.5. The fraction of sp³-hybridized carbons (Fsp3) is 0. The summed E-state index contributed by atoms with van der Waals surface area (Å²) in [5, 5.41) is 2.90. The van der Waals surface area contributed by atoms with Gasteiger partial charge < -0.3 is 24.8 Å². The van der Waals surface area contributed by atoms with Gasteiger partial charge in [0.25, 0.3) is 0 Å². The third-order valence-electron chi connectivity index (χ3n) is 2.14. The van der Waals surface area contributed by atoms with Crippen LogP contribution in [0.5, 0.6) is 0 Å². The zero-order chi connectivity index (χ0) is 9.80. The van der Waals surface area contributed by atoms with E-state index in [0.717, 1.165) is 0 Å². The molecule has 0 amide bonds. The van der Waals surface area contributed by atoms with Crippen LogP contribution in [0.3, 0.4) is 0 Å². The van der Waals surface area contributed by atoms with Crippen molar-refractivity contribution in [1.82, 2.24) is 0 Å². The van der Waals surface area contributed by atoms with Crippen LogP contribution in [0.4, 0.5) is 0 Å². The van der Waals surface area contributed by atoms with Crippen LogP contribution in [0.25, 0.3) is 0 Å². The first-order valence-electron chi connectivity index (χ1n) is 4.58. The molecule has 5 heteroatoms. The van der Waals surface area contributed by atoms with E-state index >= 15 is 0 Å². The van der Waals surface area contributed by atoms with Crippen molar-refractivity contribution in [2.75, 3.05) is 0 Å². The van der Waals surface area contributed by atoms with E-state index in [0.29, 0.717) is 0 Å². The standard InChI is InChI=1S/C12H10P.2ClH.Li.Mg/c1-3-7-11(8-4-1)13-12-9-5-2-6-10-12;;;;/h1-10H;2*1H;;/q-1;;;+1;+2/p-2. The second kappa shape index (κ2) is 10.7. The van der Waals surface area contributed by atoms with Crippen LogP contribution in [0, 0.1) is 0 Å². The quantitative estimate of drug-likeness (QED) is 0.381. The molecule has 0 aliphatic carbocycles. The average Bonchev–Trinajstić information content (AvgIpc) is 2.30. The maximum absolute atomic E-state index is 2.21. The van der Waals surface area contributed by atoms with Gasteiger partial charge in [-0.2, -0.15) is 0 Å². The topological polar surface area (TPSA) is 0 Å². The molecule has 0 nitrogen and oxygen atoms in total. The third kappa shape index (κ3) is 5.99. The SMILES string of the molecule is [Cl-].[Cl-].[Li+].[Mg+][P](c1ccccc1)c1ccccc1. The summed E-state index contributed by atoms with van der Waals surface area (Å²) in [6, 6.07) is 21.4. The first kappa shape index (κ1) is 20.1. The van der Waals surface area contributed by atoms with Gasteiger partial charge in [0, 0.05) is 0 Å². The Kier molecular flexibility index (Phi) is 12.7. The van der Waals surface area contributed by atoms with Gasteiger partial charge in [-0.15, -0.1) is 0 Å². The number of hydrogen-bond donors (Lipinski definition) is 0. The molecule has 2 aromatic rings. The molecule has 0 aliphatic rings. The average molecular weight is 287 g/mol. The molecular weight excluding hydrogens is 277 g/mol. The Morgan fingerprint density at radius 1 is 0.647 bits per heavy atom. The Labute approximate surface area is 141 Å². The van der Waals surface area contributed by atoms with E-state index in [2.05, 4.69) is 81.8 Å². The van der Waals surface area contributed by atoms with E-state index in [1.54, 1.807) is 0 Å². The number of hydrogen-bond acceptors (Lipinski definition) is 0. The van der Waals surface area contributed by atoms with Crippen molar-refractivity contribution in [3.63, 3.8) is 0 Å². The molecule has 0 N–H and O–H groups in total. The Morgan fingerprint density at radius 2 is 0.941 bits per heavy atom. The summed E-state index contributed by atoms with van der Waals surface area (Å²) in [6.45, 7) is 0. The van der Waals surface area contributed by atoms with E-state index in [1.165, 1.54) is 10.6 Å². The third-order valence-corrected chi connectivity index (χ3v) is 6.17. The Balaban J connectivity index is 0. The van der Waals surface area contributed by atoms with E-state index < -0.39 is 0 Å². The van der Waals surface area contributed by atoms with Crippen LogP contribution >= 0.6 is 5.71 Å². The molecule has 0 heterocycles. The molecule has 0 spiro atoms. The Hall–Kier alpha value is 0.814. The summed E-state index contributed by atoms with van der Waals surface area (Å²) in [5.74, 6) is 0. The Morgan fingerprint density at radius 3 is 1.24 bits per heavy atom. The molecule has 0 saturated heterocycles. The molecule has 0 aromatic heterocycles. The van der Waals surface area contributed by atoms with Gasteiger partial charge in [0.1, 0.15) is 0 Å². The Bertz CT molecular complexity index is 360. The van der Waals surface area contributed by atoms with Crippen molar-refractivity contribution >= 4 is 37.5 Å². The molecular formula is C12H10Cl2LiMgP. The number of benzene rings is 2. The molecule has 0 radical (unpaired) electrons. The number of rotatable bonds is 2. The predicted octanol–water partition coefficient (Wildman–Crippen LogP) is -6.79. The molecule has 0 saturated carbocycles. The predicted molar refractivity (Wildman–Crippen MR) is 64.8 cm³/mol. The molecule has 0 bridgehead atoms. The van der Waals surface area contributed by atoms with Crippen molar-refractivity contribution in [3.05, 3.63) is 60.7 Å². The first-order chi connectivity index (χ1) is 6.88. The minimum atomic E-state index is -0.143. The summed E-state index contributed by atoms with van der Waals surface area (Å²) in [6.07, 6.45) is 0. The van der Waals surface area contributed by atoms with Crippen LogP contribution in [0.15, 0.2) is 60.7 Å². The molecule has 0 unspecified atom stereocenters. The van der Waals surface area contributed by atoms with Crippen LogP contribution in [0.2, 0.25) is 0 Å². The molecule has 0 aliphatic heterocycles. The first-order valence-corrected chi connectivity index (χ1v) is 8.01. The van der Waals surface area contributed by atoms with Gasteiger partial charge in [0.05, 0.1) is 0 Å². The summed E-state index contributed by atoms with van der Waals surface area (Å²) in [5.41, 5.74) is -0.143. The van der Waals surface area contributed by atoms with E-state index in [9.17, 15) is 0 Å². The van der Waals surface area contributed by atoms with Gasteiger partial charge in [-0.3, -0.25) is 0 Å². The van der Waals surface area contributed by atoms with E-state index in [-0.39, 0.29) is 49.4 Å². The molecule has 80 valence electrons. The minimum absolute atomic E-state index is 0. The van der Waals surface area contributed by atoms with Crippen molar-refractivity contribution < 1.29 is 43.7 Å². The van der Waals surface area contributed by atoms with Gasteiger partial charge in [-0.25, -0.2) is 0 Å². The van der Waals surface area contributed by atoms with Crippen molar-refractivity contribution in [1.29, 1.82) is 0 Å². The van der Waals surface area contributed by atoms with Gasteiger partial charge in [0.15, 0.2) is 0 Å². The summed E-state index contributed by atoms with van der Waals surface area (Å²) < 4.78 is 0. The van der Waals surface area contributed by atoms with Crippen LogP contribution in [0.1, 0.15) is 0 Å². The normalized spacial score (nSPS) is 8.65. The van der Waals surface area contributed by atoms with Crippen LogP contribution in [-0.4, -0.2) is 21.2 Å². The maximum atomic E-state index is 2.21. The molecule has 2 rings (SSSR count). The van der Waals surface area contributed by atoms with Gasteiger partial charge in [-0.05, 0) is 0 Å². The van der Waals surface area contributed by atoms with Crippen LogP contribution in [-0.2, 0) is 0 Å². The molecule has 0 fully saturated rings. The fourth-order valence-corrected chi connectivity index (χ4v) is 3.99. The van der Waals surface area contributed by atoms with Crippen LogP contribution < -0.4 is 54.3 Å². The van der Waals surface area contributed by atoms with E-state index in [1.807, 2.05) is 0 Å². The second-order valence-electron chi connectivity index (χ2n) is 3.10. The van der Waals surface area contributed by atoms with Gasteiger partial charge in [0.2, 0.25) is 0 Å². The summed E-state index contributed by atoms with van der Waals surface area (Å²) >= 11 is 2.09.